The number of nitrogens with two attached hydrogens (primary N) is 1. The largest absolute Gasteiger partial charge is 0.398 e. The molecule has 0 fully saturated rings. The van der Waals surface area contributed by atoms with Crippen LogP contribution in [0.4, 0.5) is 15.8 Å². The average molecular weight is 424 g/mol. The molecule has 0 aliphatic heterocycles. The Morgan fingerprint density at radius 2 is 1.80 bits per heavy atom. The Kier molecular flexibility index (Phi) is 4.36. The summed E-state index contributed by atoms with van der Waals surface area (Å²) in [5.41, 5.74) is 6.05. The normalized spacial score (nSPS) is 11.3. The number of nitrogen functional groups attached to an aromatic ring is 1. The first-order valence-electron chi connectivity index (χ1n) is 5.32. The van der Waals surface area contributed by atoms with Gasteiger partial charge in [0.2, 0.25) is 0 Å². The van der Waals surface area contributed by atoms with Gasteiger partial charge in [-0.25, -0.2) is 12.8 Å². The average Bonchev–Trinajstić information content (AvgIpc) is 2.32. The van der Waals surface area contributed by atoms with Gasteiger partial charge in [-0.1, -0.05) is 15.9 Å². The van der Waals surface area contributed by atoms with E-state index in [4.69, 9.17) is 5.73 Å². The van der Waals surface area contributed by atoms with Gasteiger partial charge in [0, 0.05) is 8.95 Å². The van der Waals surface area contributed by atoms with Gasteiger partial charge in [-0.3, -0.25) is 4.72 Å². The summed E-state index contributed by atoms with van der Waals surface area (Å²) in [6, 6.07) is 8.11. The molecule has 0 unspecified atom stereocenters. The van der Waals surface area contributed by atoms with E-state index < -0.39 is 15.8 Å². The van der Waals surface area contributed by atoms with E-state index in [9.17, 15) is 12.8 Å². The molecule has 8 heteroatoms. The fraction of sp³-hybridized carbons (Fsp3) is 0. The van der Waals surface area contributed by atoms with Crippen molar-refractivity contribution < 1.29 is 12.8 Å². The molecule has 2 rings (SSSR count). The predicted molar refractivity (Wildman–Crippen MR) is 83.5 cm³/mol. The Morgan fingerprint density at radius 1 is 1.10 bits per heavy atom. The van der Waals surface area contributed by atoms with Crippen LogP contribution in [0.15, 0.2) is 50.2 Å². The van der Waals surface area contributed by atoms with Crippen LogP contribution in [0.25, 0.3) is 0 Å². The zero-order valence-electron chi connectivity index (χ0n) is 9.90. The van der Waals surface area contributed by atoms with Crippen LogP contribution in [0.2, 0.25) is 0 Å². The van der Waals surface area contributed by atoms with Crippen molar-refractivity contribution in [2.24, 2.45) is 0 Å². The van der Waals surface area contributed by atoms with Gasteiger partial charge in [-0.15, -0.1) is 0 Å². The molecular weight excluding hydrogens is 415 g/mol. The molecular formula is C12H9Br2FN2O2S. The second kappa shape index (κ2) is 5.71. The monoisotopic (exact) mass is 422 g/mol. The Balaban J connectivity index is 2.41. The lowest BCUT2D eigenvalue weighted by Gasteiger charge is -2.11. The van der Waals surface area contributed by atoms with Crippen LogP contribution >= 0.6 is 31.9 Å². The molecule has 0 aliphatic rings. The van der Waals surface area contributed by atoms with E-state index in [0.717, 1.165) is 6.07 Å². The zero-order chi connectivity index (χ0) is 14.9. The van der Waals surface area contributed by atoms with Gasteiger partial charge >= 0.3 is 0 Å². The Labute approximate surface area is 132 Å². The number of benzene rings is 2. The van der Waals surface area contributed by atoms with Crippen molar-refractivity contribution >= 4 is 53.3 Å². The summed E-state index contributed by atoms with van der Waals surface area (Å²) < 4.78 is 40.8. The maximum Gasteiger partial charge on any atom is 0.263 e. The fourth-order valence-electron chi connectivity index (χ4n) is 1.54. The van der Waals surface area contributed by atoms with E-state index in [-0.39, 0.29) is 16.3 Å². The third-order valence-corrected chi connectivity index (χ3v) is 5.03. The van der Waals surface area contributed by atoms with Gasteiger partial charge in [0.25, 0.3) is 10.0 Å². The second-order valence-electron chi connectivity index (χ2n) is 3.91. The minimum Gasteiger partial charge on any atom is -0.398 e. The fourth-order valence-corrected chi connectivity index (χ4v) is 3.69. The van der Waals surface area contributed by atoms with Gasteiger partial charge < -0.3 is 5.73 Å². The second-order valence-corrected chi connectivity index (χ2v) is 7.33. The molecule has 0 saturated heterocycles. The summed E-state index contributed by atoms with van der Waals surface area (Å²) >= 11 is 6.30. The van der Waals surface area contributed by atoms with Crippen LogP contribution in [-0.2, 0) is 10.0 Å². The minimum absolute atomic E-state index is 0.0445. The first kappa shape index (κ1) is 15.3. The number of halogens is 3. The third kappa shape index (κ3) is 3.31. The van der Waals surface area contributed by atoms with Crippen LogP contribution in [-0.4, -0.2) is 8.42 Å². The molecule has 2 aromatic carbocycles. The summed E-state index contributed by atoms with van der Waals surface area (Å²) in [7, 11) is -3.84. The van der Waals surface area contributed by atoms with E-state index in [0.29, 0.717) is 8.95 Å². The molecule has 0 aromatic heterocycles. The topological polar surface area (TPSA) is 72.2 Å². The van der Waals surface area contributed by atoms with Crippen LogP contribution in [0, 0.1) is 5.82 Å². The Bertz CT molecular complexity index is 766. The van der Waals surface area contributed by atoms with E-state index in [2.05, 4.69) is 36.6 Å². The van der Waals surface area contributed by atoms with Crippen molar-refractivity contribution in [3.8, 4) is 0 Å². The molecule has 4 nitrogen and oxygen atoms in total. The van der Waals surface area contributed by atoms with E-state index in [1.807, 2.05) is 0 Å². The van der Waals surface area contributed by atoms with Gasteiger partial charge in [0.1, 0.15) is 10.7 Å². The summed E-state index contributed by atoms with van der Waals surface area (Å²) in [5.74, 6) is -0.469. The molecule has 2 aromatic rings. The van der Waals surface area contributed by atoms with Gasteiger partial charge in [0.05, 0.1) is 11.4 Å². The quantitative estimate of drug-likeness (QED) is 0.738. The number of sulfonamides is 1. The van der Waals surface area contributed by atoms with Crippen molar-refractivity contribution in [2.75, 3.05) is 10.5 Å². The minimum atomic E-state index is -3.84. The van der Waals surface area contributed by atoms with Crippen LogP contribution in [0.5, 0.6) is 0 Å². The smallest absolute Gasteiger partial charge is 0.263 e. The molecule has 0 bridgehead atoms. The predicted octanol–water partition coefficient (Wildman–Crippen LogP) is 3.73. The highest BCUT2D eigenvalue weighted by atomic mass is 79.9. The van der Waals surface area contributed by atoms with E-state index >= 15 is 0 Å². The molecule has 0 saturated carbocycles. The molecule has 0 aliphatic carbocycles. The Hall–Kier alpha value is -1.12. The van der Waals surface area contributed by atoms with Crippen LogP contribution in [0.1, 0.15) is 0 Å². The maximum absolute atomic E-state index is 13.0. The summed E-state index contributed by atoms with van der Waals surface area (Å²) in [4.78, 5) is -0.0445. The van der Waals surface area contributed by atoms with Crippen molar-refractivity contribution in [2.45, 2.75) is 4.90 Å². The van der Waals surface area contributed by atoms with Crippen LogP contribution in [0.3, 0.4) is 0 Å². The highest BCUT2D eigenvalue weighted by Crippen LogP contribution is 2.28. The SMILES string of the molecule is Nc1cc(Br)ccc1S(=O)(=O)Nc1ccc(F)cc1Br. The Morgan fingerprint density at radius 3 is 2.40 bits per heavy atom. The lowest BCUT2D eigenvalue weighted by Crippen LogP contribution is -2.15. The van der Waals surface area contributed by atoms with E-state index in [1.165, 1.54) is 24.3 Å². The van der Waals surface area contributed by atoms with Crippen molar-refractivity contribution in [3.05, 3.63) is 51.2 Å². The molecule has 0 atom stereocenters. The van der Waals surface area contributed by atoms with Gasteiger partial charge in [-0.05, 0) is 52.3 Å². The van der Waals surface area contributed by atoms with Gasteiger partial charge in [-0.2, -0.15) is 0 Å². The van der Waals surface area contributed by atoms with Crippen molar-refractivity contribution in [3.63, 3.8) is 0 Å². The highest BCUT2D eigenvalue weighted by Gasteiger charge is 2.18. The number of hydrogen-bond donors (Lipinski definition) is 2. The summed E-state index contributed by atoms with van der Waals surface area (Å²) in [6.45, 7) is 0. The molecule has 0 spiro atoms. The number of hydrogen-bond acceptors (Lipinski definition) is 3. The molecule has 0 amide bonds. The summed E-state index contributed by atoms with van der Waals surface area (Å²) in [6.07, 6.45) is 0. The molecule has 20 heavy (non-hydrogen) atoms. The molecule has 0 heterocycles. The third-order valence-electron chi connectivity index (χ3n) is 2.44. The van der Waals surface area contributed by atoms with Crippen molar-refractivity contribution in [1.29, 1.82) is 0 Å². The van der Waals surface area contributed by atoms with Crippen LogP contribution < -0.4 is 10.5 Å². The highest BCUT2D eigenvalue weighted by molar-refractivity contribution is 9.10. The van der Waals surface area contributed by atoms with Crippen molar-refractivity contribution in [1.82, 2.24) is 0 Å². The van der Waals surface area contributed by atoms with E-state index in [1.54, 1.807) is 6.07 Å². The number of anilines is 2. The first-order valence-corrected chi connectivity index (χ1v) is 8.39. The lowest BCUT2D eigenvalue weighted by atomic mass is 10.3. The molecule has 106 valence electrons. The summed E-state index contributed by atoms with van der Waals surface area (Å²) in [5, 5.41) is 0. The lowest BCUT2D eigenvalue weighted by molar-refractivity contribution is 0.601. The standard InChI is InChI=1S/C12H9Br2FN2O2S/c13-7-1-4-12(10(16)5-7)20(18,19)17-11-3-2-8(15)6-9(11)14/h1-6,17H,16H2. The molecule has 3 N–H and O–H groups in total. The zero-order valence-corrected chi connectivity index (χ0v) is 13.9. The van der Waals surface area contributed by atoms with Gasteiger partial charge in [0.15, 0.2) is 0 Å². The first-order chi connectivity index (χ1) is 9.29. The number of nitrogens with one attached hydrogen (secondary N) is 1. The number of rotatable bonds is 3. The maximum atomic E-state index is 13.0. The molecule has 0 radical (unpaired) electrons.